The Labute approximate surface area is 112 Å². The summed E-state index contributed by atoms with van der Waals surface area (Å²) in [5, 5.41) is 9.44. The smallest absolute Gasteiger partial charge is 0.394 e. The number of rotatable bonds is 2. The van der Waals surface area contributed by atoms with E-state index in [2.05, 4.69) is 0 Å². The highest BCUT2D eigenvalue weighted by Gasteiger charge is 2.55. The maximum absolute atomic E-state index is 13.0. The minimum Gasteiger partial charge on any atom is -0.477 e. The van der Waals surface area contributed by atoms with Crippen molar-refractivity contribution in [2.75, 3.05) is 11.4 Å². The van der Waals surface area contributed by atoms with E-state index in [1.165, 1.54) is 6.07 Å². The van der Waals surface area contributed by atoms with E-state index in [0.717, 1.165) is 11.3 Å². The van der Waals surface area contributed by atoms with Crippen LogP contribution in [0.2, 0.25) is 0 Å². The highest BCUT2D eigenvalue weighted by molar-refractivity contribution is 7.17. The fourth-order valence-electron chi connectivity index (χ4n) is 2.63. The maximum Gasteiger partial charge on any atom is 0.394 e. The van der Waals surface area contributed by atoms with Gasteiger partial charge >= 0.3 is 12.1 Å². The fraction of sp³-hybridized carbons (Fsp3) is 0.583. The minimum absolute atomic E-state index is 0.0385. The van der Waals surface area contributed by atoms with Crippen LogP contribution in [0.4, 0.5) is 18.2 Å². The molecule has 1 N–H and O–H groups in total. The summed E-state index contributed by atoms with van der Waals surface area (Å²) in [4.78, 5) is 12.6. The average Bonchev–Trinajstić information content (AvgIpc) is 2.79. The molecular weight excluding hydrogens is 279 g/mol. The second-order valence-corrected chi connectivity index (χ2v) is 6.19. The molecule has 2 rings (SSSR count). The molecule has 1 aliphatic heterocycles. The number of aromatic carboxylic acids is 1. The zero-order valence-electron chi connectivity index (χ0n) is 10.5. The number of nitrogens with zero attached hydrogens (tertiary/aromatic N) is 1. The Bertz CT molecular complexity index is 495. The van der Waals surface area contributed by atoms with Gasteiger partial charge in [0.15, 0.2) is 0 Å². The monoisotopic (exact) mass is 293 g/mol. The van der Waals surface area contributed by atoms with Gasteiger partial charge in [-0.1, -0.05) is 0 Å². The van der Waals surface area contributed by atoms with Crippen LogP contribution in [0.25, 0.3) is 0 Å². The van der Waals surface area contributed by atoms with Crippen LogP contribution in [0.5, 0.6) is 0 Å². The molecule has 0 saturated carbocycles. The lowest BCUT2D eigenvalue weighted by Gasteiger charge is -2.37. The molecule has 0 aliphatic carbocycles. The lowest BCUT2D eigenvalue weighted by molar-refractivity contribution is -0.183. The molecule has 0 bridgehead atoms. The zero-order valence-corrected chi connectivity index (χ0v) is 11.3. The third kappa shape index (κ3) is 2.43. The van der Waals surface area contributed by atoms with Gasteiger partial charge in [-0.05, 0) is 32.4 Å². The van der Waals surface area contributed by atoms with Crippen LogP contribution in [-0.2, 0) is 0 Å². The van der Waals surface area contributed by atoms with E-state index in [4.69, 9.17) is 5.11 Å². The molecule has 2 heterocycles. The Hall–Kier alpha value is -1.24. The van der Waals surface area contributed by atoms with Crippen molar-refractivity contribution in [3.8, 4) is 0 Å². The summed E-state index contributed by atoms with van der Waals surface area (Å²) in [6, 6.07) is 3.01. The first-order valence-electron chi connectivity index (χ1n) is 5.81. The van der Waals surface area contributed by atoms with E-state index in [-0.39, 0.29) is 17.8 Å². The second-order valence-electron chi connectivity index (χ2n) is 5.13. The predicted octanol–water partition coefficient (Wildman–Crippen LogP) is 3.61. The van der Waals surface area contributed by atoms with Gasteiger partial charge < -0.3 is 10.0 Å². The number of anilines is 1. The number of carboxylic acids is 1. The molecule has 7 heteroatoms. The molecular formula is C12H14F3NO2S. The molecule has 0 amide bonds. The summed E-state index contributed by atoms with van der Waals surface area (Å²) in [6.45, 7) is 3.40. The number of alkyl halides is 3. The molecule has 1 aromatic heterocycles. The summed E-state index contributed by atoms with van der Waals surface area (Å²) >= 11 is 1.01. The van der Waals surface area contributed by atoms with E-state index in [0.29, 0.717) is 5.00 Å². The zero-order chi connectivity index (χ0) is 14.4. The molecule has 1 unspecified atom stereocenters. The molecule has 106 valence electrons. The summed E-state index contributed by atoms with van der Waals surface area (Å²) < 4.78 is 38.9. The molecule has 0 spiro atoms. The van der Waals surface area contributed by atoms with Gasteiger partial charge in [0.05, 0.1) is 10.9 Å². The van der Waals surface area contributed by atoms with Crippen molar-refractivity contribution >= 4 is 22.3 Å². The first kappa shape index (κ1) is 14.2. The summed E-state index contributed by atoms with van der Waals surface area (Å²) in [6.07, 6.45) is -4.19. The second kappa shape index (κ2) is 4.40. The van der Waals surface area contributed by atoms with Gasteiger partial charge in [-0.15, -0.1) is 11.3 Å². The first-order chi connectivity index (χ1) is 8.64. The van der Waals surface area contributed by atoms with Crippen molar-refractivity contribution in [2.24, 2.45) is 5.92 Å². The van der Waals surface area contributed by atoms with Gasteiger partial charge in [-0.25, -0.2) is 4.79 Å². The lowest BCUT2D eigenvalue weighted by Crippen LogP contribution is -2.47. The Morgan fingerprint density at radius 3 is 2.53 bits per heavy atom. The van der Waals surface area contributed by atoms with Crippen molar-refractivity contribution in [2.45, 2.75) is 32.0 Å². The summed E-state index contributed by atoms with van der Waals surface area (Å²) in [5.41, 5.74) is -1.06. The molecule has 3 nitrogen and oxygen atoms in total. The van der Waals surface area contributed by atoms with Crippen LogP contribution in [0, 0.1) is 5.92 Å². The normalized spacial score (nSPS) is 22.8. The third-order valence-corrected chi connectivity index (χ3v) is 4.75. The molecule has 19 heavy (non-hydrogen) atoms. The standard InChI is InChI=1S/C12H14F3NO2S/c1-11(2)8(12(13,14)15)5-6-16(11)9-4-3-7(19-9)10(17)18/h3-4,8H,5-6H2,1-2H3,(H,17,18). The molecule has 1 fully saturated rings. The van der Waals surface area contributed by atoms with Gasteiger partial charge in [0, 0.05) is 12.1 Å². The van der Waals surface area contributed by atoms with E-state index >= 15 is 0 Å². The Kier molecular flexibility index (Phi) is 3.28. The number of carbonyl (C=O) groups is 1. The van der Waals surface area contributed by atoms with Crippen molar-refractivity contribution in [1.82, 2.24) is 0 Å². The van der Waals surface area contributed by atoms with Gasteiger partial charge in [-0.3, -0.25) is 0 Å². The van der Waals surface area contributed by atoms with E-state index in [1.54, 1.807) is 24.8 Å². The quantitative estimate of drug-likeness (QED) is 0.905. The Balaban J connectivity index is 2.29. The molecule has 1 aliphatic rings. The van der Waals surface area contributed by atoms with Crippen molar-refractivity contribution in [1.29, 1.82) is 0 Å². The fourth-order valence-corrected chi connectivity index (χ4v) is 3.66. The highest BCUT2D eigenvalue weighted by Crippen LogP contribution is 2.47. The number of halogens is 3. The van der Waals surface area contributed by atoms with Crippen LogP contribution in [-0.4, -0.2) is 29.3 Å². The molecule has 0 radical (unpaired) electrons. The number of hydrogen-bond donors (Lipinski definition) is 1. The van der Waals surface area contributed by atoms with Gasteiger partial charge in [0.1, 0.15) is 4.88 Å². The van der Waals surface area contributed by atoms with E-state index in [1.807, 2.05) is 0 Å². The molecule has 1 saturated heterocycles. The number of carboxylic acid groups (broad SMARTS) is 1. The van der Waals surface area contributed by atoms with E-state index < -0.39 is 23.6 Å². The SMILES string of the molecule is CC1(C)C(C(F)(F)F)CCN1c1ccc(C(=O)O)s1. The Morgan fingerprint density at radius 1 is 1.47 bits per heavy atom. The van der Waals surface area contributed by atoms with Gasteiger partial charge in [-0.2, -0.15) is 13.2 Å². The molecule has 1 atom stereocenters. The average molecular weight is 293 g/mol. The van der Waals surface area contributed by atoms with Crippen LogP contribution in [0.15, 0.2) is 12.1 Å². The van der Waals surface area contributed by atoms with Gasteiger partial charge in [0.2, 0.25) is 0 Å². The minimum atomic E-state index is -4.23. The first-order valence-corrected chi connectivity index (χ1v) is 6.63. The van der Waals surface area contributed by atoms with Crippen molar-refractivity contribution in [3.05, 3.63) is 17.0 Å². The molecule has 0 aromatic carbocycles. The summed E-state index contributed by atoms with van der Waals surface area (Å²) in [7, 11) is 0. The van der Waals surface area contributed by atoms with Crippen molar-refractivity contribution < 1.29 is 23.1 Å². The van der Waals surface area contributed by atoms with E-state index in [9.17, 15) is 18.0 Å². The van der Waals surface area contributed by atoms with Crippen LogP contribution in [0.3, 0.4) is 0 Å². The molecule has 1 aromatic rings. The Morgan fingerprint density at radius 2 is 2.11 bits per heavy atom. The third-order valence-electron chi connectivity index (χ3n) is 3.65. The number of hydrogen-bond acceptors (Lipinski definition) is 3. The lowest BCUT2D eigenvalue weighted by atomic mass is 9.88. The number of thiophene rings is 1. The van der Waals surface area contributed by atoms with Crippen molar-refractivity contribution in [3.63, 3.8) is 0 Å². The maximum atomic E-state index is 13.0. The predicted molar refractivity (Wildman–Crippen MR) is 66.9 cm³/mol. The van der Waals surface area contributed by atoms with Crippen LogP contribution >= 0.6 is 11.3 Å². The largest absolute Gasteiger partial charge is 0.477 e. The summed E-state index contributed by atoms with van der Waals surface area (Å²) in [5.74, 6) is -2.45. The van der Waals surface area contributed by atoms with Crippen LogP contribution in [0.1, 0.15) is 29.9 Å². The highest BCUT2D eigenvalue weighted by atomic mass is 32.1. The van der Waals surface area contributed by atoms with Gasteiger partial charge in [0.25, 0.3) is 0 Å². The topological polar surface area (TPSA) is 40.5 Å². The van der Waals surface area contributed by atoms with Crippen LogP contribution < -0.4 is 4.90 Å².